The van der Waals surface area contributed by atoms with E-state index in [0.717, 1.165) is 52.5 Å². The van der Waals surface area contributed by atoms with Crippen LogP contribution < -0.4 is 5.32 Å². The van der Waals surface area contributed by atoms with Crippen LogP contribution in [-0.2, 0) is 9.47 Å². The largest absolute Gasteiger partial charge is 0.380 e. The van der Waals surface area contributed by atoms with E-state index in [-0.39, 0.29) is 0 Å². The number of nitrogens with zero attached hydrogens (tertiary/aromatic N) is 1. The Hall–Kier alpha value is -0.160. The third kappa shape index (κ3) is 6.99. The molecule has 0 aromatic heterocycles. The summed E-state index contributed by atoms with van der Waals surface area (Å²) in [4.78, 5) is 2.44. The van der Waals surface area contributed by atoms with Gasteiger partial charge in [0.25, 0.3) is 0 Å². The Morgan fingerprint density at radius 1 is 1.35 bits per heavy atom. The second-order valence-corrected chi connectivity index (χ2v) is 4.57. The quantitative estimate of drug-likeness (QED) is 0.616. The van der Waals surface area contributed by atoms with Gasteiger partial charge in [0.2, 0.25) is 0 Å². The molecule has 102 valence electrons. The topological polar surface area (TPSA) is 33.7 Å². The predicted octanol–water partition coefficient (Wildman–Crippen LogP) is 1.11. The van der Waals surface area contributed by atoms with Crippen molar-refractivity contribution in [1.29, 1.82) is 0 Å². The van der Waals surface area contributed by atoms with Crippen molar-refractivity contribution in [1.82, 2.24) is 10.2 Å². The number of hydrogen-bond acceptors (Lipinski definition) is 4. The molecule has 0 saturated carbocycles. The van der Waals surface area contributed by atoms with Crippen LogP contribution in [0.25, 0.3) is 0 Å². The molecule has 0 aliphatic carbocycles. The first kappa shape index (κ1) is 14.9. The lowest BCUT2D eigenvalue weighted by molar-refractivity contribution is -0.0347. The van der Waals surface area contributed by atoms with Gasteiger partial charge in [-0.05, 0) is 13.0 Å². The van der Waals surface area contributed by atoms with Crippen molar-refractivity contribution in [3.05, 3.63) is 0 Å². The summed E-state index contributed by atoms with van der Waals surface area (Å²) in [6.07, 6.45) is 2.73. The van der Waals surface area contributed by atoms with E-state index in [1.807, 2.05) is 0 Å². The van der Waals surface area contributed by atoms with E-state index in [4.69, 9.17) is 9.47 Å². The van der Waals surface area contributed by atoms with Gasteiger partial charge in [-0.3, -0.25) is 4.90 Å². The van der Waals surface area contributed by atoms with Gasteiger partial charge in [0.05, 0.1) is 19.3 Å². The maximum absolute atomic E-state index is 5.71. The number of morpholine rings is 1. The molecule has 1 atom stereocenters. The smallest absolute Gasteiger partial charge is 0.0826 e. The Labute approximate surface area is 106 Å². The summed E-state index contributed by atoms with van der Waals surface area (Å²) in [6.45, 7) is 12.0. The molecular weight excluding hydrogens is 216 g/mol. The molecule has 17 heavy (non-hydrogen) atoms. The zero-order chi connectivity index (χ0) is 12.3. The fourth-order valence-electron chi connectivity index (χ4n) is 1.95. The lowest BCUT2D eigenvalue weighted by atomic mass is 10.2. The zero-order valence-corrected chi connectivity index (χ0v) is 11.4. The van der Waals surface area contributed by atoms with Gasteiger partial charge in [-0.15, -0.1) is 0 Å². The number of hydrogen-bond donors (Lipinski definition) is 1. The Morgan fingerprint density at radius 2 is 2.24 bits per heavy atom. The lowest BCUT2D eigenvalue weighted by Gasteiger charge is -2.32. The monoisotopic (exact) mass is 244 g/mol. The highest BCUT2D eigenvalue weighted by atomic mass is 16.5. The first-order valence-electron chi connectivity index (χ1n) is 6.99. The molecule has 0 radical (unpaired) electrons. The summed E-state index contributed by atoms with van der Waals surface area (Å²) in [5.41, 5.74) is 0. The molecule has 1 aliphatic rings. The predicted molar refractivity (Wildman–Crippen MR) is 70.5 cm³/mol. The number of ether oxygens (including phenoxy) is 2. The molecule has 1 rings (SSSR count). The van der Waals surface area contributed by atoms with Gasteiger partial charge in [-0.2, -0.15) is 0 Å². The summed E-state index contributed by atoms with van der Waals surface area (Å²) in [5, 5.41) is 3.34. The van der Waals surface area contributed by atoms with Crippen LogP contribution in [0.2, 0.25) is 0 Å². The minimum absolute atomic E-state index is 0.347. The SMILES string of the molecule is CCCCOCCN1CCO[C@H](CNCC)C1. The molecular formula is C13H28N2O2. The number of nitrogens with one attached hydrogen (secondary N) is 1. The van der Waals surface area contributed by atoms with Gasteiger partial charge in [0, 0.05) is 32.8 Å². The van der Waals surface area contributed by atoms with Crippen molar-refractivity contribution in [2.75, 3.05) is 52.5 Å². The highest BCUT2D eigenvalue weighted by molar-refractivity contribution is 4.72. The van der Waals surface area contributed by atoms with Crippen molar-refractivity contribution in [3.63, 3.8) is 0 Å². The molecule has 1 N–H and O–H groups in total. The summed E-state index contributed by atoms with van der Waals surface area (Å²) in [7, 11) is 0. The second kappa shape index (κ2) is 9.83. The molecule has 1 aliphatic heterocycles. The van der Waals surface area contributed by atoms with Gasteiger partial charge in [-0.1, -0.05) is 20.3 Å². The molecule has 0 unspecified atom stereocenters. The van der Waals surface area contributed by atoms with Crippen LogP contribution in [0.5, 0.6) is 0 Å². The zero-order valence-electron chi connectivity index (χ0n) is 11.4. The molecule has 4 heteroatoms. The second-order valence-electron chi connectivity index (χ2n) is 4.57. The molecule has 0 aromatic carbocycles. The van der Waals surface area contributed by atoms with E-state index in [0.29, 0.717) is 6.10 Å². The maximum Gasteiger partial charge on any atom is 0.0826 e. The van der Waals surface area contributed by atoms with Crippen LogP contribution in [0.3, 0.4) is 0 Å². The molecule has 0 spiro atoms. The lowest BCUT2D eigenvalue weighted by Crippen LogP contribution is -2.47. The Bertz CT molecular complexity index is 179. The fourth-order valence-corrected chi connectivity index (χ4v) is 1.95. The van der Waals surface area contributed by atoms with Crippen molar-refractivity contribution >= 4 is 0 Å². The Balaban J connectivity index is 2.03. The minimum atomic E-state index is 0.347. The van der Waals surface area contributed by atoms with E-state index in [1.165, 1.54) is 12.8 Å². The van der Waals surface area contributed by atoms with Gasteiger partial charge >= 0.3 is 0 Å². The van der Waals surface area contributed by atoms with Crippen molar-refractivity contribution in [3.8, 4) is 0 Å². The molecule has 0 bridgehead atoms. The van der Waals surface area contributed by atoms with Crippen LogP contribution in [0, 0.1) is 0 Å². The average molecular weight is 244 g/mol. The van der Waals surface area contributed by atoms with E-state index >= 15 is 0 Å². The van der Waals surface area contributed by atoms with E-state index in [2.05, 4.69) is 24.1 Å². The van der Waals surface area contributed by atoms with Crippen LogP contribution in [-0.4, -0.2) is 63.5 Å². The third-order valence-corrected chi connectivity index (χ3v) is 3.04. The summed E-state index contributed by atoms with van der Waals surface area (Å²) >= 11 is 0. The van der Waals surface area contributed by atoms with E-state index in [1.54, 1.807) is 0 Å². The first-order valence-corrected chi connectivity index (χ1v) is 6.99. The average Bonchev–Trinajstić information content (AvgIpc) is 2.37. The van der Waals surface area contributed by atoms with Crippen LogP contribution in [0.4, 0.5) is 0 Å². The summed E-state index contributed by atoms with van der Waals surface area (Å²) in [5.74, 6) is 0. The summed E-state index contributed by atoms with van der Waals surface area (Å²) < 4.78 is 11.3. The van der Waals surface area contributed by atoms with Crippen LogP contribution >= 0.6 is 0 Å². The standard InChI is InChI=1S/C13H28N2O2/c1-3-5-8-16-9-6-15-7-10-17-13(12-15)11-14-4-2/h13-14H,3-12H2,1-2H3/t13-/m1/s1. The van der Waals surface area contributed by atoms with Crippen molar-refractivity contribution < 1.29 is 9.47 Å². The Morgan fingerprint density at radius 3 is 3.00 bits per heavy atom. The molecule has 1 heterocycles. The van der Waals surface area contributed by atoms with E-state index < -0.39 is 0 Å². The van der Waals surface area contributed by atoms with Crippen molar-refractivity contribution in [2.45, 2.75) is 32.8 Å². The van der Waals surface area contributed by atoms with Gasteiger partial charge in [0.1, 0.15) is 0 Å². The van der Waals surface area contributed by atoms with Gasteiger partial charge in [0.15, 0.2) is 0 Å². The first-order chi connectivity index (χ1) is 8.36. The highest BCUT2D eigenvalue weighted by Gasteiger charge is 2.19. The fraction of sp³-hybridized carbons (Fsp3) is 1.00. The maximum atomic E-state index is 5.71. The van der Waals surface area contributed by atoms with Gasteiger partial charge < -0.3 is 14.8 Å². The minimum Gasteiger partial charge on any atom is -0.380 e. The molecule has 1 fully saturated rings. The molecule has 1 saturated heterocycles. The number of unbranched alkanes of at least 4 members (excludes halogenated alkanes) is 1. The molecule has 0 aromatic rings. The number of likely N-dealkylation sites (N-methyl/N-ethyl adjacent to an activating group) is 1. The molecule has 4 nitrogen and oxygen atoms in total. The van der Waals surface area contributed by atoms with Gasteiger partial charge in [-0.25, -0.2) is 0 Å². The van der Waals surface area contributed by atoms with Crippen LogP contribution in [0.15, 0.2) is 0 Å². The summed E-state index contributed by atoms with van der Waals surface area (Å²) in [6, 6.07) is 0. The third-order valence-electron chi connectivity index (χ3n) is 3.04. The number of rotatable bonds is 9. The van der Waals surface area contributed by atoms with Crippen molar-refractivity contribution in [2.24, 2.45) is 0 Å². The Kier molecular flexibility index (Phi) is 8.61. The molecule has 0 amide bonds. The normalized spacial score (nSPS) is 21.9. The van der Waals surface area contributed by atoms with Crippen LogP contribution in [0.1, 0.15) is 26.7 Å². The highest BCUT2D eigenvalue weighted by Crippen LogP contribution is 2.04. The van der Waals surface area contributed by atoms with E-state index in [9.17, 15) is 0 Å².